The molecule has 21 heavy (non-hydrogen) atoms. The van der Waals surface area contributed by atoms with Gasteiger partial charge in [-0.3, -0.25) is 4.79 Å². The number of carbonyl (C=O) groups is 2. The molecule has 0 saturated heterocycles. The molecule has 9 nitrogen and oxygen atoms in total. The van der Waals surface area contributed by atoms with Crippen LogP contribution in [0.2, 0.25) is 0 Å². The summed E-state index contributed by atoms with van der Waals surface area (Å²) in [7, 11) is 1.13. The molecule has 0 spiro atoms. The number of aliphatic carboxylic acids is 1. The normalized spacial score (nSPS) is 18.4. The van der Waals surface area contributed by atoms with Gasteiger partial charge >= 0.3 is 5.97 Å². The number of ether oxygens (including phenoxy) is 2. The Hall–Kier alpha value is -1.26. The van der Waals surface area contributed by atoms with Gasteiger partial charge in [0, 0.05) is 27.0 Å². The van der Waals surface area contributed by atoms with E-state index in [1.54, 1.807) is 0 Å². The van der Waals surface area contributed by atoms with Gasteiger partial charge in [0.1, 0.15) is 18.3 Å². The number of aliphatic hydroxyl groups is 3. The first-order valence-corrected chi connectivity index (χ1v) is 6.41. The first-order chi connectivity index (χ1) is 9.73. The van der Waals surface area contributed by atoms with Crippen LogP contribution in [0.15, 0.2) is 0 Å². The van der Waals surface area contributed by atoms with Gasteiger partial charge in [-0.25, -0.2) is 4.79 Å². The van der Waals surface area contributed by atoms with Crippen molar-refractivity contribution in [2.75, 3.05) is 20.3 Å². The van der Waals surface area contributed by atoms with Gasteiger partial charge in [-0.1, -0.05) is 6.92 Å². The van der Waals surface area contributed by atoms with Crippen LogP contribution in [0, 0.1) is 0 Å². The van der Waals surface area contributed by atoms with Crippen molar-refractivity contribution in [1.82, 2.24) is 5.32 Å². The minimum absolute atomic E-state index is 0.0721. The second-order valence-electron chi connectivity index (χ2n) is 4.45. The van der Waals surface area contributed by atoms with Crippen LogP contribution in [0.4, 0.5) is 0 Å². The van der Waals surface area contributed by atoms with Crippen molar-refractivity contribution in [3.63, 3.8) is 0 Å². The first-order valence-electron chi connectivity index (χ1n) is 6.41. The number of methoxy groups -OCH3 is 1. The van der Waals surface area contributed by atoms with Crippen molar-refractivity contribution < 1.29 is 39.5 Å². The number of rotatable bonds is 10. The van der Waals surface area contributed by atoms with Crippen molar-refractivity contribution in [2.24, 2.45) is 0 Å². The molecule has 4 atom stereocenters. The van der Waals surface area contributed by atoms with Crippen LogP contribution in [0.3, 0.4) is 0 Å². The molecule has 0 aliphatic rings. The molecule has 1 amide bonds. The van der Waals surface area contributed by atoms with E-state index >= 15 is 0 Å². The Bertz CT molecular complexity index is 344. The molecule has 0 fully saturated rings. The SMILES string of the molecule is CC[C@@](OC)(OC(CNC(C)=O)[C@H](O)[C@H](O)CO)C(=O)O. The van der Waals surface area contributed by atoms with Crippen molar-refractivity contribution in [2.45, 2.75) is 44.4 Å². The van der Waals surface area contributed by atoms with E-state index in [-0.39, 0.29) is 13.0 Å². The standard InChI is InChI=1S/C12H23NO8/c1-4-12(20-3,11(18)19)21-9(5-13-7(2)15)10(17)8(16)6-14/h8-10,14,16-17H,4-6H2,1-3H3,(H,13,15)(H,18,19)/t8-,9?,10-,12-/m1/s1. The minimum Gasteiger partial charge on any atom is -0.477 e. The Morgan fingerprint density at radius 2 is 1.90 bits per heavy atom. The number of hydrogen-bond acceptors (Lipinski definition) is 7. The lowest BCUT2D eigenvalue weighted by Crippen LogP contribution is -2.54. The first kappa shape index (κ1) is 19.7. The third-order valence-electron chi connectivity index (χ3n) is 2.98. The molecule has 0 aromatic rings. The molecule has 0 bridgehead atoms. The maximum Gasteiger partial charge on any atom is 0.364 e. The van der Waals surface area contributed by atoms with Gasteiger partial charge in [-0.2, -0.15) is 0 Å². The molecule has 0 saturated carbocycles. The lowest BCUT2D eigenvalue weighted by atomic mass is 10.1. The van der Waals surface area contributed by atoms with Gasteiger partial charge in [-0.15, -0.1) is 0 Å². The highest BCUT2D eigenvalue weighted by Gasteiger charge is 2.43. The summed E-state index contributed by atoms with van der Waals surface area (Å²) >= 11 is 0. The zero-order chi connectivity index (χ0) is 16.6. The molecule has 1 unspecified atom stereocenters. The van der Waals surface area contributed by atoms with E-state index in [9.17, 15) is 24.9 Å². The van der Waals surface area contributed by atoms with Crippen LogP contribution in [0.25, 0.3) is 0 Å². The van der Waals surface area contributed by atoms with E-state index in [4.69, 9.17) is 14.6 Å². The number of aliphatic hydroxyl groups excluding tert-OH is 3. The number of carboxylic acid groups (broad SMARTS) is 1. The maximum absolute atomic E-state index is 11.3. The summed E-state index contributed by atoms with van der Waals surface area (Å²) in [5.74, 6) is -3.87. The third-order valence-corrected chi connectivity index (χ3v) is 2.98. The summed E-state index contributed by atoms with van der Waals surface area (Å²) in [6.07, 6.45) is -4.52. The largest absolute Gasteiger partial charge is 0.477 e. The van der Waals surface area contributed by atoms with Crippen molar-refractivity contribution >= 4 is 11.9 Å². The molecule has 0 aromatic heterocycles. The molecule has 0 aliphatic heterocycles. The van der Waals surface area contributed by atoms with E-state index in [0.29, 0.717) is 0 Å². The Morgan fingerprint density at radius 3 is 2.24 bits per heavy atom. The molecule has 0 rings (SSSR count). The fraction of sp³-hybridized carbons (Fsp3) is 0.833. The maximum atomic E-state index is 11.3. The average molecular weight is 309 g/mol. The predicted molar refractivity (Wildman–Crippen MR) is 70.3 cm³/mol. The van der Waals surface area contributed by atoms with Crippen LogP contribution < -0.4 is 5.32 Å². The summed E-state index contributed by atoms with van der Waals surface area (Å²) < 4.78 is 10.1. The average Bonchev–Trinajstić information content (AvgIpc) is 2.45. The number of amides is 1. The number of hydrogen-bond donors (Lipinski definition) is 5. The monoisotopic (exact) mass is 309 g/mol. The highest BCUT2D eigenvalue weighted by atomic mass is 16.7. The van der Waals surface area contributed by atoms with Crippen molar-refractivity contribution in [1.29, 1.82) is 0 Å². The zero-order valence-electron chi connectivity index (χ0n) is 12.3. The molecule has 9 heteroatoms. The van der Waals surface area contributed by atoms with Gasteiger partial charge in [0.2, 0.25) is 5.91 Å². The Labute approximate surface area is 122 Å². The lowest BCUT2D eigenvalue weighted by Gasteiger charge is -2.34. The summed E-state index contributed by atoms with van der Waals surface area (Å²) in [6.45, 7) is 1.72. The second-order valence-corrected chi connectivity index (χ2v) is 4.45. The highest BCUT2D eigenvalue weighted by molar-refractivity contribution is 5.75. The topological polar surface area (TPSA) is 146 Å². The van der Waals surface area contributed by atoms with Crippen LogP contribution in [0.1, 0.15) is 20.3 Å². The molecule has 0 radical (unpaired) electrons. The zero-order valence-corrected chi connectivity index (χ0v) is 12.3. The molecular weight excluding hydrogens is 286 g/mol. The van der Waals surface area contributed by atoms with E-state index in [1.165, 1.54) is 13.8 Å². The third kappa shape index (κ3) is 5.56. The number of carbonyl (C=O) groups excluding carboxylic acids is 1. The molecule has 0 aromatic carbocycles. The van der Waals surface area contributed by atoms with E-state index in [1.807, 2.05) is 0 Å². The molecule has 5 N–H and O–H groups in total. The van der Waals surface area contributed by atoms with Gasteiger partial charge in [0.25, 0.3) is 5.79 Å². The Balaban J connectivity index is 5.18. The van der Waals surface area contributed by atoms with Crippen LogP contribution in [-0.2, 0) is 19.1 Å². The summed E-state index contributed by atoms with van der Waals surface area (Å²) in [5, 5.41) is 39.8. The number of nitrogens with one attached hydrogen (secondary N) is 1. The van der Waals surface area contributed by atoms with Gasteiger partial charge in [0.05, 0.1) is 6.61 Å². The van der Waals surface area contributed by atoms with E-state index < -0.39 is 42.6 Å². The van der Waals surface area contributed by atoms with Crippen LogP contribution in [-0.4, -0.2) is 76.7 Å². The van der Waals surface area contributed by atoms with E-state index in [2.05, 4.69) is 5.32 Å². The van der Waals surface area contributed by atoms with Gasteiger partial charge in [-0.05, 0) is 0 Å². The molecule has 0 aliphatic carbocycles. The van der Waals surface area contributed by atoms with Crippen LogP contribution in [0.5, 0.6) is 0 Å². The van der Waals surface area contributed by atoms with Crippen molar-refractivity contribution in [3.05, 3.63) is 0 Å². The summed E-state index contributed by atoms with van der Waals surface area (Å²) in [4.78, 5) is 22.2. The van der Waals surface area contributed by atoms with Gasteiger partial charge < -0.3 is 35.2 Å². The number of carboxylic acids is 1. The van der Waals surface area contributed by atoms with E-state index in [0.717, 1.165) is 7.11 Å². The quantitative estimate of drug-likeness (QED) is 0.293. The fourth-order valence-electron chi connectivity index (χ4n) is 1.64. The fourth-order valence-corrected chi connectivity index (χ4v) is 1.64. The predicted octanol–water partition coefficient (Wildman–Crippen LogP) is -1.94. The summed E-state index contributed by atoms with van der Waals surface area (Å²) in [5.41, 5.74) is 0. The lowest BCUT2D eigenvalue weighted by molar-refractivity contribution is -0.267. The molecule has 0 heterocycles. The summed E-state index contributed by atoms with van der Waals surface area (Å²) in [6, 6.07) is 0. The second kappa shape index (κ2) is 8.90. The Morgan fingerprint density at radius 1 is 1.33 bits per heavy atom. The van der Waals surface area contributed by atoms with Crippen molar-refractivity contribution in [3.8, 4) is 0 Å². The smallest absolute Gasteiger partial charge is 0.364 e. The Kier molecular flexibility index (Phi) is 8.37. The molecule has 124 valence electrons. The minimum atomic E-state index is -2.03. The molecular formula is C12H23NO8. The van der Waals surface area contributed by atoms with Crippen LogP contribution >= 0.6 is 0 Å². The highest BCUT2D eigenvalue weighted by Crippen LogP contribution is 2.22. The van der Waals surface area contributed by atoms with Gasteiger partial charge in [0.15, 0.2) is 0 Å².